The number of fused-ring (bicyclic) bond motifs is 2. The second kappa shape index (κ2) is 7.92. The smallest absolute Gasteiger partial charge is 0.310 e. The van der Waals surface area contributed by atoms with E-state index in [-0.39, 0.29) is 0 Å². The molecule has 30 heavy (non-hydrogen) atoms. The minimum atomic E-state index is -0.755. The molecular weight excluding hydrogens is 400 g/mol. The van der Waals surface area contributed by atoms with Gasteiger partial charge in [-0.3, -0.25) is 9.69 Å². The lowest BCUT2D eigenvalue weighted by Gasteiger charge is -2.38. The molecule has 0 unspecified atom stereocenters. The number of aliphatic imine (C=N–C) groups is 1. The zero-order valence-corrected chi connectivity index (χ0v) is 18.7. The average Bonchev–Trinajstić information content (AvgIpc) is 2.99. The number of carbonyl (C=O) groups is 1. The highest BCUT2D eigenvalue weighted by atomic mass is 32.1. The molecule has 160 valence electrons. The number of hydrogen-bond acceptors (Lipinski definition) is 7. The molecule has 1 aromatic heterocycles. The van der Waals surface area contributed by atoms with Crippen LogP contribution in [-0.4, -0.2) is 66.5 Å². The van der Waals surface area contributed by atoms with E-state index in [0.717, 1.165) is 59.7 Å². The van der Waals surface area contributed by atoms with Crippen LogP contribution in [0.2, 0.25) is 0 Å². The molecule has 0 saturated carbocycles. The predicted octanol–water partition coefficient (Wildman–Crippen LogP) is 3.93. The molecule has 3 heterocycles. The largest absolute Gasteiger partial charge is 0.497 e. The van der Waals surface area contributed by atoms with E-state index in [1.165, 1.54) is 4.88 Å². The van der Waals surface area contributed by atoms with Crippen molar-refractivity contribution in [3.63, 3.8) is 0 Å². The van der Waals surface area contributed by atoms with E-state index < -0.39 is 11.4 Å². The van der Waals surface area contributed by atoms with Gasteiger partial charge in [0.25, 0.3) is 0 Å². The fraction of sp³-hybridized carbons (Fsp3) is 0.455. The van der Waals surface area contributed by atoms with Crippen molar-refractivity contribution in [3.05, 3.63) is 34.7 Å². The number of nitrogens with zero attached hydrogens (tertiary/aromatic N) is 3. The number of aryl methyl sites for hydroxylation is 1. The molecule has 2 aromatic rings. The number of carboxylic acid groups (broad SMARTS) is 1. The van der Waals surface area contributed by atoms with Gasteiger partial charge in [0, 0.05) is 43.7 Å². The Hall–Kier alpha value is -2.58. The minimum absolute atomic E-state index is 0.551. The number of carboxylic acids is 1. The zero-order chi connectivity index (χ0) is 21.5. The number of nitrogens with one attached hydrogen (secondary N) is 1. The number of thiophene rings is 1. The first kappa shape index (κ1) is 20.7. The van der Waals surface area contributed by atoms with Crippen LogP contribution in [0.25, 0.3) is 0 Å². The van der Waals surface area contributed by atoms with Gasteiger partial charge < -0.3 is 20.1 Å². The Morgan fingerprint density at radius 3 is 2.67 bits per heavy atom. The van der Waals surface area contributed by atoms with Crippen molar-refractivity contribution >= 4 is 39.5 Å². The lowest BCUT2D eigenvalue weighted by atomic mass is 9.93. The molecule has 8 heteroatoms. The van der Waals surface area contributed by atoms with Crippen molar-refractivity contribution in [2.45, 2.75) is 20.8 Å². The third-order valence-corrected chi connectivity index (χ3v) is 6.61. The van der Waals surface area contributed by atoms with Crippen LogP contribution in [0, 0.1) is 12.3 Å². The van der Waals surface area contributed by atoms with E-state index in [4.69, 9.17) is 9.73 Å². The molecular formula is C22H28N4O3S. The molecule has 1 fully saturated rings. The molecule has 0 radical (unpaired) electrons. The summed E-state index contributed by atoms with van der Waals surface area (Å²) in [5, 5.41) is 14.1. The topological polar surface area (TPSA) is 77.4 Å². The Morgan fingerprint density at radius 1 is 1.27 bits per heavy atom. The first-order chi connectivity index (χ1) is 14.3. The Labute approximate surface area is 181 Å². The van der Waals surface area contributed by atoms with Gasteiger partial charge in [-0.1, -0.05) is 0 Å². The fourth-order valence-corrected chi connectivity index (χ4v) is 4.81. The maximum absolute atomic E-state index is 11.5. The molecule has 2 aliphatic rings. The predicted molar refractivity (Wildman–Crippen MR) is 121 cm³/mol. The van der Waals surface area contributed by atoms with Crippen molar-refractivity contribution in [3.8, 4) is 5.75 Å². The summed E-state index contributed by atoms with van der Waals surface area (Å²) in [6, 6.07) is 8.08. The van der Waals surface area contributed by atoms with Crippen LogP contribution in [0.15, 0.2) is 29.3 Å². The number of aliphatic carboxylic acids is 1. The van der Waals surface area contributed by atoms with Gasteiger partial charge in [0.15, 0.2) is 0 Å². The highest BCUT2D eigenvalue weighted by Crippen LogP contribution is 2.40. The third kappa shape index (κ3) is 4.02. The highest BCUT2D eigenvalue weighted by molar-refractivity contribution is 7.16. The number of benzene rings is 1. The van der Waals surface area contributed by atoms with E-state index in [9.17, 15) is 9.90 Å². The average molecular weight is 429 g/mol. The van der Waals surface area contributed by atoms with Gasteiger partial charge in [-0.15, -0.1) is 11.3 Å². The summed E-state index contributed by atoms with van der Waals surface area (Å²) in [6.45, 7) is 9.49. The number of piperazine rings is 1. The molecule has 2 N–H and O–H groups in total. The molecule has 0 bridgehead atoms. The summed E-state index contributed by atoms with van der Waals surface area (Å²) in [4.78, 5) is 22.3. The Morgan fingerprint density at radius 2 is 2.00 bits per heavy atom. The summed E-state index contributed by atoms with van der Waals surface area (Å²) < 4.78 is 5.38. The van der Waals surface area contributed by atoms with Crippen molar-refractivity contribution < 1.29 is 14.6 Å². The van der Waals surface area contributed by atoms with Gasteiger partial charge in [0.1, 0.15) is 16.6 Å². The number of anilines is 2. The van der Waals surface area contributed by atoms with Crippen LogP contribution in [0.3, 0.4) is 0 Å². The lowest BCUT2D eigenvalue weighted by molar-refractivity contribution is -0.148. The Kier molecular flexibility index (Phi) is 5.46. The number of amidine groups is 1. The van der Waals surface area contributed by atoms with Crippen LogP contribution in [0.1, 0.15) is 24.3 Å². The summed E-state index contributed by atoms with van der Waals surface area (Å²) in [5.74, 6) is 1.02. The Bertz CT molecular complexity index is 990. The molecule has 0 spiro atoms. The van der Waals surface area contributed by atoms with Crippen molar-refractivity contribution in [1.29, 1.82) is 0 Å². The Balaban J connectivity index is 1.59. The van der Waals surface area contributed by atoms with E-state index >= 15 is 0 Å². The van der Waals surface area contributed by atoms with Crippen molar-refractivity contribution in [2.75, 3.05) is 45.2 Å². The zero-order valence-electron chi connectivity index (χ0n) is 17.9. The second-order valence-electron chi connectivity index (χ2n) is 8.50. The first-order valence-corrected chi connectivity index (χ1v) is 10.9. The first-order valence-electron chi connectivity index (χ1n) is 10.1. The number of hydrogen-bond donors (Lipinski definition) is 2. The van der Waals surface area contributed by atoms with Gasteiger partial charge in [0.05, 0.1) is 29.5 Å². The fourth-order valence-electron chi connectivity index (χ4n) is 3.90. The van der Waals surface area contributed by atoms with Crippen molar-refractivity contribution in [2.24, 2.45) is 10.4 Å². The highest BCUT2D eigenvalue weighted by Gasteiger charge is 2.32. The molecule has 1 saturated heterocycles. The number of methoxy groups -OCH3 is 1. The molecule has 0 atom stereocenters. The second-order valence-corrected chi connectivity index (χ2v) is 9.75. The van der Waals surface area contributed by atoms with Crippen LogP contribution < -0.4 is 10.1 Å². The molecule has 0 amide bonds. The van der Waals surface area contributed by atoms with Crippen LogP contribution in [0.5, 0.6) is 5.75 Å². The van der Waals surface area contributed by atoms with E-state index in [2.05, 4.69) is 28.1 Å². The molecule has 1 aromatic carbocycles. The van der Waals surface area contributed by atoms with Gasteiger partial charge in [-0.2, -0.15) is 0 Å². The molecule has 0 aliphatic carbocycles. The van der Waals surface area contributed by atoms with E-state index in [0.29, 0.717) is 6.54 Å². The van der Waals surface area contributed by atoms with Gasteiger partial charge in [0.2, 0.25) is 0 Å². The van der Waals surface area contributed by atoms with Gasteiger partial charge in [-0.05, 0) is 39.0 Å². The number of rotatable bonds is 4. The minimum Gasteiger partial charge on any atom is -0.497 e. The SMILES string of the molecule is COc1ccc2c(c1)Nc1sc(C)cc1C(N1CCN(CC(C)(C)C(=O)O)CC1)=N2. The quantitative estimate of drug-likeness (QED) is 0.768. The summed E-state index contributed by atoms with van der Waals surface area (Å²) in [6.07, 6.45) is 0. The molecule has 7 nitrogen and oxygen atoms in total. The third-order valence-electron chi connectivity index (χ3n) is 5.64. The van der Waals surface area contributed by atoms with Crippen molar-refractivity contribution in [1.82, 2.24) is 9.80 Å². The molecule has 2 aliphatic heterocycles. The van der Waals surface area contributed by atoms with Crippen LogP contribution in [-0.2, 0) is 4.79 Å². The summed E-state index contributed by atoms with van der Waals surface area (Å²) in [7, 11) is 1.67. The monoisotopic (exact) mass is 428 g/mol. The van der Waals surface area contributed by atoms with Gasteiger partial charge in [-0.25, -0.2) is 4.99 Å². The number of ether oxygens (including phenoxy) is 1. The summed E-state index contributed by atoms with van der Waals surface area (Å²) >= 11 is 1.72. The van der Waals surface area contributed by atoms with Crippen LogP contribution in [0.4, 0.5) is 16.4 Å². The van der Waals surface area contributed by atoms with E-state index in [1.807, 2.05) is 18.2 Å². The van der Waals surface area contributed by atoms with Crippen LogP contribution >= 0.6 is 11.3 Å². The summed E-state index contributed by atoms with van der Waals surface area (Å²) in [5.41, 5.74) is 2.20. The maximum atomic E-state index is 11.5. The van der Waals surface area contributed by atoms with Gasteiger partial charge >= 0.3 is 5.97 Å². The van der Waals surface area contributed by atoms with E-state index in [1.54, 1.807) is 32.3 Å². The lowest BCUT2D eigenvalue weighted by Crippen LogP contribution is -2.52. The normalized spacial score (nSPS) is 16.8. The maximum Gasteiger partial charge on any atom is 0.310 e. The standard InChI is InChI=1S/C22H28N4O3S/c1-14-11-16-19(26-9-7-25(8-10-26)13-22(2,3)21(27)28)23-17-6-5-15(29-4)12-18(17)24-20(16)30-14/h5-6,11-12,24H,7-10,13H2,1-4H3,(H,27,28). The molecule has 4 rings (SSSR count).